The average molecular weight is 352 g/mol. The van der Waals surface area contributed by atoms with Crippen molar-refractivity contribution < 1.29 is 4.79 Å². The van der Waals surface area contributed by atoms with Crippen molar-refractivity contribution in [1.29, 1.82) is 0 Å². The van der Waals surface area contributed by atoms with Gasteiger partial charge in [-0.1, -0.05) is 26.7 Å². The van der Waals surface area contributed by atoms with E-state index in [0.717, 1.165) is 16.6 Å². The van der Waals surface area contributed by atoms with Crippen LogP contribution in [-0.2, 0) is 0 Å². The third-order valence-corrected chi connectivity index (χ3v) is 5.03. The van der Waals surface area contributed by atoms with E-state index in [1.165, 1.54) is 37.8 Å². The van der Waals surface area contributed by atoms with Crippen molar-refractivity contribution in [2.45, 2.75) is 58.9 Å². The zero-order chi connectivity index (χ0) is 15.4. The molecule has 0 atom stereocenters. The number of hydrogen-bond donors (Lipinski definition) is 0. The van der Waals surface area contributed by atoms with Crippen LogP contribution in [0.3, 0.4) is 0 Å². The maximum atomic E-state index is 11.6. The molecule has 0 heterocycles. The van der Waals surface area contributed by atoms with E-state index in [0.29, 0.717) is 12.0 Å². The summed E-state index contributed by atoms with van der Waals surface area (Å²) in [7, 11) is 0. The summed E-state index contributed by atoms with van der Waals surface area (Å²) >= 11 is 3.56. The summed E-state index contributed by atoms with van der Waals surface area (Å²) in [6.45, 7) is 7.28. The fraction of sp³-hybridized carbons (Fsp3) is 0.611. The Morgan fingerprint density at radius 2 is 2.00 bits per heavy atom. The number of rotatable bonds is 6. The van der Waals surface area contributed by atoms with Crippen molar-refractivity contribution in [3.8, 4) is 0 Å². The quantitative estimate of drug-likeness (QED) is 0.635. The van der Waals surface area contributed by atoms with Crippen LogP contribution in [0.1, 0.15) is 63.2 Å². The highest BCUT2D eigenvalue weighted by Crippen LogP contribution is 2.31. The van der Waals surface area contributed by atoms with Crippen molar-refractivity contribution in [2.24, 2.45) is 5.92 Å². The highest BCUT2D eigenvalue weighted by Gasteiger charge is 2.23. The first-order valence-corrected chi connectivity index (χ1v) is 8.85. The second-order valence-electron chi connectivity index (χ2n) is 6.53. The molecule has 2 rings (SSSR count). The Kier molecular flexibility index (Phi) is 5.86. The minimum absolute atomic E-state index is 0.114. The van der Waals surface area contributed by atoms with Gasteiger partial charge in [-0.25, -0.2) is 0 Å². The van der Waals surface area contributed by atoms with E-state index >= 15 is 0 Å². The predicted molar refractivity (Wildman–Crippen MR) is 93.2 cm³/mol. The number of nitrogens with zero attached hydrogens (tertiary/aromatic N) is 1. The van der Waals surface area contributed by atoms with Crippen LogP contribution in [0.2, 0.25) is 0 Å². The molecular formula is C18H26BrNO. The van der Waals surface area contributed by atoms with Gasteiger partial charge in [0.1, 0.15) is 0 Å². The van der Waals surface area contributed by atoms with Gasteiger partial charge in [-0.3, -0.25) is 4.79 Å². The second kappa shape index (κ2) is 7.44. The molecule has 0 radical (unpaired) electrons. The molecule has 116 valence electrons. The van der Waals surface area contributed by atoms with Gasteiger partial charge in [-0.2, -0.15) is 0 Å². The third kappa shape index (κ3) is 4.32. The van der Waals surface area contributed by atoms with Crippen LogP contribution in [0, 0.1) is 5.92 Å². The van der Waals surface area contributed by atoms with Gasteiger partial charge in [-0.05, 0) is 66.2 Å². The molecule has 3 heteroatoms. The molecule has 21 heavy (non-hydrogen) atoms. The smallest absolute Gasteiger partial charge is 0.160 e. The summed E-state index contributed by atoms with van der Waals surface area (Å²) in [5, 5.41) is 0. The maximum Gasteiger partial charge on any atom is 0.160 e. The molecule has 0 spiro atoms. The third-order valence-electron chi connectivity index (χ3n) is 4.38. The highest BCUT2D eigenvalue weighted by molar-refractivity contribution is 9.10. The van der Waals surface area contributed by atoms with E-state index in [2.05, 4.69) is 46.8 Å². The topological polar surface area (TPSA) is 20.3 Å². The van der Waals surface area contributed by atoms with E-state index in [1.54, 1.807) is 6.92 Å². The van der Waals surface area contributed by atoms with E-state index in [9.17, 15) is 4.79 Å². The summed E-state index contributed by atoms with van der Waals surface area (Å²) in [5.74, 6) is 0.830. The molecule has 0 bridgehead atoms. The molecular weight excluding hydrogens is 326 g/mol. The zero-order valence-electron chi connectivity index (χ0n) is 13.4. The van der Waals surface area contributed by atoms with E-state index in [1.807, 2.05) is 6.07 Å². The largest absolute Gasteiger partial charge is 0.369 e. The minimum atomic E-state index is 0.114. The van der Waals surface area contributed by atoms with E-state index < -0.39 is 0 Å². The van der Waals surface area contributed by atoms with Gasteiger partial charge in [0.2, 0.25) is 0 Å². The molecule has 1 aromatic carbocycles. The molecule has 0 aromatic heterocycles. The summed E-state index contributed by atoms with van der Waals surface area (Å²) in [6, 6.07) is 6.85. The molecule has 1 aromatic rings. The van der Waals surface area contributed by atoms with Gasteiger partial charge in [0.25, 0.3) is 0 Å². The fourth-order valence-electron chi connectivity index (χ4n) is 3.10. The molecule has 0 amide bonds. The fourth-order valence-corrected chi connectivity index (χ4v) is 3.75. The number of anilines is 1. The van der Waals surface area contributed by atoms with Crippen LogP contribution in [0.4, 0.5) is 5.69 Å². The van der Waals surface area contributed by atoms with Gasteiger partial charge in [0, 0.05) is 28.3 Å². The lowest BCUT2D eigenvalue weighted by Crippen LogP contribution is -2.34. The van der Waals surface area contributed by atoms with Crippen molar-refractivity contribution in [3.63, 3.8) is 0 Å². The first kappa shape index (κ1) is 16.5. The summed E-state index contributed by atoms with van der Waals surface area (Å²) < 4.78 is 0.917. The van der Waals surface area contributed by atoms with Crippen LogP contribution in [-0.4, -0.2) is 18.4 Å². The van der Waals surface area contributed by atoms with Crippen molar-refractivity contribution >= 4 is 27.4 Å². The molecule has 1 fully saturated rings. The van der Waals surface area contributed by atoms with Crippen LogP contribution in [0.5, 0.6) is 0 Å². The zero-order valence-corrected chi connectivity index (χ0v) is 14.9. The van der Waals surface area contributed by atoms with Crippen molar-refractivity contribution in [1.82, 2.24) is 0 Å². The van der Waals surface area contributed by atoms with Gasteiger partial charge in [0.15, 0.2) is 5.78 Å². The first-order chi connectivity index (χ1) is 9.99. The number of hydrogen-bond acceptors (Lipinski definition) is 2. The SMILES string of the molecule is CC(=O)c1ccc(N(CCC(C)C)C2CCCC2)cc1Br. The normalized spacial score (nSPS) is 15.7. The van der Waals surface area contributed by atoms with Crippen LogP contribution >= 0.6 is 15.9 Å². The van der Waals surface area contributed by atoms with Crippen LogP contribution < -0.4 is 4.90 Å². The Morgan fingerprint density at radius 1 is 1.33 bits per heavy atom. The Bertz CT molecular complexity index is 492. The average Bonchev–Trinajstić information content (AvgIpc) is 2.92. The number of carbonyl (C=O) groups excluding carboxylic acids is 1. The molecule has 1 saturated carbocycles. The number of carbonyl (C=O) groups is 1. The molecule has 1 aliphatic rings. The van der Waals surface area contributed by atoms with E-state index in [-0.39, 0.29) is 5.78 Å². The minimum Gasteiger partial charge on any atom is -0.369 e. The second-order valence-corrected chi connectivity index (χ2v) is 7.39. The molecule has 1 aliphatic carbocycles. The number of ketones is 1. The molecule has 2 nitrogen and oxygen atoms in total. The van der Waals surface area contributed by atoms with Crippen LogP contribution in [0.15, 0.2) is 22.7 Å². The maximum absolute atomic E-state index is 11.6. The Morgan fingerprint density at radius 3 is 2.52 bits per heavy atom. The Labute approximate surface area is 137 Å². The molecule has 0 unspecified atom stereocenters. The van der Waals surface area contributed by atoms with E-state index in [4.69, 9.17) is 0 Å². The monoisotopic (exact) mass is 351 g/mol. The summed E-state index contributed by atoms with van der Waals surface area (Å²) in [6.07, 6.45) is 6.49. The highest BCUT2D eigenvalue weighted by atomic mass is 79.9. The predicted octanol–water partition coefficient (Wildman–Crippen LogP) is 5.45. The Hall–Kier alpha value is -0.830. The summed E-state index contributed by atoms with van der Waals surface area (Å²) in [4.78, 5) is 14.1. The molecule has 0 saturated heterocycles. The lowest BCUT2D eigenvalue weighted by Gasteiger charge is -2.32. The van der Waals surface area contributed by atoms with Crippen molar-refractivity contribution in [2.75, 3.05) is 11.4 Å². The lowest BCUT2D eigenvalue weighted by molar-refractivity contribution is 0.101. The van der Waals surface area contributed by atoms with Crippen molar-refractivity contribution in [3.05, 3.63) is 28.2 Å². The summed E-state index contributed by atoms with van der Waals surface area (Å²) in [5.41, 5.74) is 2.02. The van der Waals surface area contributed by atoms with Gasteiger partial charge in [-0.15, -0.1) is 0 Å². The van der Waals surface area contributed by atoms with Crippen LogP contribution in [0.25, 0.3) is 0 Å². The molecule has 0 N–H and O–H groups in total. The van der Waals surface area contributed by atoms with Gasteiger partial charge >= 0.3 is 0 Å². The van der Waals surface area contributed by atoms with Gasteiger partial charge < -0.3 is 4.90 Å². The molecule has 0 aliphatic heterocycles. The number of halogens is 1. The first-order valence-electron chi connectivity index (χ1n) is 8.06. The Balaban J connectivity index is 2.22. The number of benzene rings is 1. The number of Topliss-reactive ketones (excluding diaryl/α,β-unsaturated/α-hetero) is 1. The lowest BCUT2D eigenvalue weighted by atomic mass is 10.1. The standard InChI is InChI=1S/C18H26BrNO/c1-13(2)10-11-20(15-6-4-5-7-15)16-8-9-17(14(3)21)18(19)12-16/h8-9,12-13,15H,4-7,10-11H2,1-3H3. The van der Waals surface area contributed by atoms with Gasteiger partial charge in [0.05, 0.1) is 0 Å².